The van der Waals surface area contributed by atoms with Crippen molar-refractivity contribution in [2.24, 2.45) is 5.92 Å². The largest absolute Gasteiger partial charge is 0.316 e. The van der Waals surface area contributed by atoms with Crippen LogP contribution in [0.1, 0.15) is 18.4 Å². The van der Waals surface area contributed by atoms with E-state index in [0.29, 0.717) is 17.9 Å². The summed E-state index contributed by atoms with van der Waals surface area (Å²) >= 11 is 0. The van der Waals surface area contributed by atoms with Gasteiger partial charge in [0, 0.05) is 17.7 Å². The first-order valence-corrected chi connectivity index (χ1v) is 8.25. The van der Waals surface area contributed by atoms with Crippen molar-refractivity contribution in [3.8, 4) is 0 Å². The number of rotatable bonds is 7. The highest BCUT2D eigenvalue weighted by molar-refractivity contribution is 7.89. The van der Waals surface area contributed by atoms with Gasteiger partial charge in [0.2, 0.25) is 10.0 Å². The quantitative estimate of drug-likeness (QED) is 0.578. The molecule has 0 aliphatic heterocycles. The van der Waals surface area contributed by atoms with Gasteiger partial charge in [-0.1, -0.05) is 6.07 Å². The zero-order valence-corrected chi connectivity index (χ0v) is 12.8. The molecule has 1 unspecified atom stereocenters. The van der Waals surface area contributed by atoms with E-state index in [2.05, 4.69) is 10.0 Å². The van der Waals surface area contributed by atoms with Crippen molar-refractivity contribution in [1.29, 1.82) is 0 Å². The monoisotopic (exact) mass is 313 g/mol. The molecular weight excluding hydrogens is 294 g/mol. The van der Waals surface area contributed by atoms with Gasteiger partial charge >= 0.3 is 0 Å². The van der Waals surface area contributed by atoms with Crippen LogP contribution in [0, 0.1) is 16.0 Å². The molecule has 7 nitrogen and oxygen atoms in total. The molecule has 1 aromatic rings. The highest BCUT2D eigenvalue weighted by Gasteiger charge is 2.32. The number of hydrogen-bond acceptors (Lipinski definition) is 5. The predicted octanol–water partition coefficient (Wildman–Crippen LogP) is 1.04. The molecule has 1 aromatic carbocycles. The molecule has 116 valence electrons. The van der Waals surface area contributed by atoms with E-state index in [1.165, 1.54) is 19.2 Å². The van der Waals surface area contributed by atoms with E-state index in [0.717, 1.165) is 18.9 Å². The van der Waals surface area contributed by atoms with Gasteiger partial charge in [-0.3, -0.25) is 10.1 Å². The zero-order valence-electron chi connectivity index (χ0n) is 12.0. The lowest BCUT2D eigenvalue weighted by Gasteiger charge is -2.15. The summed E-state index contributed by atoms with van der Waals surface area (Å²) in [5.74, 6) is 0.551. The standard InChI is InChI=1S/C13H19N3O4S/c1-14-12(9-3-4-9)7-10-5-6-11(21(19,20)15-2)8-13(10)16(17)18/h5-6,8-9,12,14-15H,3-4,7H2,1-2H3. The Balaban J connectivity index is 2.35. The summed E-state index contributed by atoms with van der Waals surface area (Å²) in [6.07, 6.45) is 2.79. The highest BCUT2D eigenvalue weighted by Crippen LogP contribution is 2.35. The third-order valence-electron chi connectivity index (χ3n) is 3.83. The summed E-state index contributed by atoms with van der Waals surface area (Å²) in [5, 5.41) is 14.4. The van der Waals surface area contributed by atoms with Crippen molar-refractivity contribution in [2.75, 3.05) is 14.1 Å². The van der Waals surface area contributed by atoms with Gasteiger partial charge in [-0.2, -0.15) is 0 Å². The maximum absolute atomic E-state index is 11.7. The Morgan fingerprint density at radius 1 is 1.38 bits per heavy atom. The van der Waals surface area contributed by atoms with E-state index in [1.54, 1.807) is 0 Å². The molecule has 1 aliphatic carbocycles. The molecule has 0 spiro atoms. The van der Waals surface area contributed by atoms with Crippen LogP contribution < -0.4 is 10.0 Å². The first-order valence-electron chi connectivity index (χ1n) is 6.77. The summed E-state index contributed by atoms with van der Waals surface area (Å²) in [5.41, 5.74) is 0.411. The Kier molecular flexibility index (Phi) is 4.60. The number of nitrogens with one attached hydrogen (secondary N) is 2. The van der Waals surface area contributed by atoms with E-state index in [4.69, 9.17) is 0 Å². The molecule has 1 fully saturated rings. The smallest absolute Gasteiger partial charge is 0.273 e. The van der Waals surface area contributed by atoms with Crippen LogP contribution in [0.2, 0.25) is 0 Å². The number of nitrogens with zero attached hydrogens (tertiary/aromatic N) is 1. The van der Waals surface area contributed by atoms with Crippen molar-refractivity contribution in [3.05, 3.63) is 33.9 Å². The Bertz CT molecular complexity index is 641. The van der Waals surface area contributed by atoms with Crippen LogP contribution >= 0.6 is 0 Å². The fraction of sp³-hybridized carbons (Fsp3) is 0.538. The average molecular weight is 313 g/mol. The molecule has 0 aromatic heterocycles. The molecule has 2 N–H and O–H groups in total. The normalized spacial score (nSPS) is 16.7. The molecule has 1 saturated carbocycles. The maximum Gasteiger partial charge on any atom is 0.273 e. The fourth-order valence-corrected chi connectivity index (χ4v) is 3.16. The molecule has 0 bridgehead atoms. The molecule has 2 rings (SSSR count). The Morgan fingerprint density at radius 3 is 2.52 bits per heavy atom. The summed E-state index contributed by atoms with van der Waals surface area (Å²) < 4.78 is 25.6. The second-order valence-corrected chi connectivity index (χ2v) is 7.08. The Hall–Kier alpha value is -1.51. The fourth-order valence-electron chi connectivity index (χ4n) is 2.41. The van der Waals surface area contributed by atoms with Gasteiger partial charge in [0.15, 0.2) is 0 Å². The molecule has 8 heteroatoms. The number of hydrogen-bond donors (Lipinski definition) is 2. The SMILES string of the molecule is CNC(Cc1ccc(S(=O)(=O)NC)cc1[N+](=O)[O-])C1CC1. The van der Waals surface area contributed by atoms with Crippen molar-refractivity contribution in [3.63, 3.8) is 0 Å². The van der Waals surface area contributed by atoms with E-state index < -0.39 is 14.9 Å². The van der Waals surface area contributed by atoms with Crippen LogP contribution in [0.5, 0.6) is 0 Å². The maximum atomic E-state index is 11.7. The van der Waals surface area contributed by atoms with Crippen molar-refractivity contribution < 1.29 is 13.3 Å². The van der Waals surface area contributed by atoms with Gasteiger partial charge in [0.1, 0.15) is 0 Å². The molecule has 1 atom stereocenters. The molecule has 0 heterocycles. The number of nitro groups is 1. The topological polar surface area (TPSA) is 101 Å². The van der Waals surface area contributed by atoms with Gasteiger partial charge in [-0.05, 0) is 45.3 Å². The van der Waals surface area contributed by atoms with E-state index in [1.807, 2.05) is 7.05 Å². The average Bonchev–Trinajstić information content (AvgIpc) is 3.29. The molecular formula is C13H19N3O4S. The van der Waals surface area contributed by atoms with E-state index >= 15 is 0 Å². The van der Waals surface area contributed by atoms with Crippen LogP contribution in [0.3, 0.4) is 0 Å². The molecule has 21 heavy (non-hydrogen) atoms. The summed E-state index contributed by atoms with van der Waals surface area (Å²) in [7, 11) is -0.560. The first kappa shape index (κ1) is 15.9. The van der Waals surface area contributed by atoms with Crippen LogP contribution in [-0.4, -0.2) is 33.5 Å². The van der Waals surface area contributed by atoms with Crippen LogP contribution in [-0.2, 0) is 16.4 Å². The Labute approximate surface area is 123 Å². The van der Waals surface area contributed by atoms with Crippen LogP contribution in [0.4, 0.5) is 5.69 Å². The van der Waals surface area contributed by atoms with E-state index in [9.17, 15) is 18.5 Å². The molecule has 1 aliphatic rings. The minimum atomic E-state index is -3.68. The highest BCUT2D eigenvalue weighted by atomic mass is 32.2. The predicted molar refractivity (Wildman–Crippen MR) is 78.6 cm³/mol. The lowest BCUT2D eigenvalue weighted by molar-refractivity contribution is -0.385. The summed E-state index contributed by atoms with van der Waals surface area (Å²) in [4.78, 5) is 10.6. The number of nitro benzene ring substituents is 1. The number of sulfonamides is 1. The molecule has 0 radical (unpaired) electrons. The van der Waals surface area contributed by atoms with Crippen molar-refractivity contribution >= 4 is 15.7 Å². The van der Waals surface area contributed by atoms with Gasteiger partial charge in [0.05, 0.1) is 9.82 Å². The van der Waals surface area contributed by atoms with Gasteiger partial charge in [0.25, 0.3) is 5.69 Å². The lowest BCUT2D eigenvalue weighted by Crippen LogP contribution is -2.30. The van der Waals surface area contributed by atoms with Gasteiger partial charge in [-0.15, -0.1) is 0 Å². The minimum Gasteiger partial charge on any atom is -0.316 e. The molecule has 0 amide bonds. The van der Waals surface area contributed by atoms with Crippen molar-refractivity contribution in [2.45, 2.75) is 30.2 Å². The summed E-state index contributed by atoms with van der Waals surface area (Å²) in [6.45, 7) is 0. The Morgan fingerprint density at radius 2 is 2.05 bits per heavy atom. The second-order valence-electron chi connectivity index (χ2n) is 5.19. The van der Waals surface area contributed by atoms with Crippen LogP contribution in [0.15, 0.2) is 23.1 Å². The summed E-state index contributed by atoms with van der Waals surface area (Å²) in [6, 6.07) is 4.26. The van der Waals surface area contributed by atoms with Crippen molar-refractivity contribution in [1.82, 2.24) is 10.0 Å². The van der Waals surface area contributed by atoms with E-state index in [-0.39, 0.29) is 16.6 Å². The van der Waals surface area contributed by atoms with Crippen LogP contribution in [0.25, 0.3) is 0 Å². The number of likely N-dealkylation sites (N-methyl/N-ethyl adjacent to an activating group) is 1. The third kappa shape index (κ3) is 3.58. The minimum absolute atomic E-state index is 0.0899. The third-order valence-corrected chi connectivity index (χ3v) is 5.25. The number of benzene rings is 1. The zero-order chi connectivity index (χ0) is 15.6. The molecule has 0 saturated heterocycles. The lowest BCUT2D eigenvalue weighted by atomic mass is 10.0. The first-order chi connectivity index (χ1) is 9.89. The van der Waals surface area contributed by atoms with Gasteiger partial charge in [-0.25, -0.2) is 13.1 Å². The van der Waals surface area contributed by atoms with Gasteiger partial charge < -0.3 is 5.32 Å². The second kappa shape index (κ2) is 6.08.